The second kappa shape index (κ2) is 8.14. The van der Waals surface area contributed by atoms with E-state index in [1.54, 1.807) is 24.3 Å². The van der Waals surface area contributed by atoms with Crippen molar-refractivity contribution in [2.45, 2.75) is 19.8 Å². The number of ketones is 2. The number of nitrogen functional groups attached to an aromatic ring is 4. The summed E-state index contributed by atoms with van der Waals surface area (Å²) in [7, 11) is 0. The third-order valence-electron chi connectivity index (χ3n) is 5.36. The highest BCUT2D eigenvalue weighted by Gasteiger charge is 2.37. The lowest BCUT2D eigenvalue weighted by atomic mass is 9.80. The van der Waals surface area contributed by atoms with Crippen LogP contribution >= 0.6 is 0 Å². The summed E-state index contributed by atoms with van der Waals surface area (Å²) in [6.45, 7) is 2.73. The number of benzene rings is 3. The third-order valence-corrected chi connectivity index (χ3v) is 5.36. The fraction of sp³-hybridized carbons (Fsp3) is 0.167. The maximum absolute atomic E-state index is 13.3. The van der Waals surface area contributed by atoms with Gasteiger partial charge in [-0.2, -0.15) is 0 Å². The van der Waals surface area contributed by atoms with Gasteiger partial charge in [-0.3, -0.25) is 9.59 Å². The van der Waals surface area contributed by atoms with E-state index in [1.165, 1.54) is 18.2 Å². The highest BCUT2D eigenvalue weighted by Crippen LogP contribution is 2.43. The van der Waals surface area contributed by atoms with Crippen molar-refractivity contribution in [1.29, 1.82) is 0 Å². The number of ether oxygens (including phenoxy) is 2. The second-order valence-electron chi connectivity index (χ2n) is 7.56. The van der Waals surface area contributed by atoms with E-state index in [2.05, 4.69) is 6.92 Å². The monoisotopic (exact) mass is 432 g/mol. The smallest absolute Gasteiger partial charge is 0.198 e. The fourth-order valence-corrected chi connectivity index (χ4v) is 3.70. The van der Waals surface area contributed by atoms with Gasteiger partial charge in [0.25, 0.3) is 0 Å². The molecule has 0 unspecified atom stereocenters. The van der Waals surface area contributed by atoms with Gasteiger partial charge in [-0.25, -0.2) is 0 Å². The summed E-state index contributed by atoms with van der Waals surface area (Å²) in [4.78, 5) is 26.4. The molecule has 3 aromatic rings. The van der Waals surface area contributed by atoms with Crippen LogP contribution in [0.4, 0.5) is 22.7 Å². The predicted molar refractivity (Wildman–Crippen MR) is 124 cm³/mol. The van der Waals surface area contributed by atoms with Gasteiger partial charge in [0.2, 0.25) is 0 Å². The van der Waals surface area contributed by atoms with E-state index in [0.717, 1.165) is 12.8 Å². The summed E-state index contributed by atoms with van der Waals surface area (Å²) in [6, 6.07) is 11.4. The minimum Gasteiger partial charge on any atom is -0.494 e. The highest BCUT2D eigenvalue weighted by molar-refractivity contribution is 6.34. The van der Waals surface area contributed by atoms with Crippen LogP contribution in [0.5, 0.6) is 17.2 Å². The Morgan fingerprint density at radius 1 is 0.719 bits per heavy atom. The molecule has 0 bridgehead atoms. The minimum absolute atomic E-state index is 0.00305. The molecular formula is C24H24N4O4. The van der Waals surface area contributed by atoms with E-state index in [0.29, 0.717) is 18.1 Å². The van der Waals surface area contributed by atoms with E-state index in [4.69, 9.17) is 32.4 Å². The van der Waals surface area contributed by atoms with Crippen LogP contribution < -0.4 is 32.4 Å². The molecule has 0 amide bonds. The number of hydrogen-bond donors (Lipinski definition) is 4. The number of unbranched alkanes of at least 4 members (excludes halogenated alkanes) is 1. The molecule has 0 aliphatic heterocycles. The SMILES string of the molecule is CCCCOc1ccc(Oc2cc(N)c3c(c2N)C(=O)c2c(N)ccc(N)c2C3=O)cc1. The molecule has 0 fully saturated rings. The van der Waals surface area contributed by atoms with Gasteiger partial charge in [-0.1, -0.05) is 13.3 Å². The number of hydrogen-bond acceptors (Lipinski definition) is 8. The number of rotatable bonds is 6. The Morgan fingerprint density at radius 2 is 1.25 bits per heavy atom. The van der Waals surface area contributed by atoms with Crippen LogP contribution in [0, 0.1) is 0 Å². The lowest BCUT2D eigenvalue weighted by molar-refractivity contribution is 0.0981. The number of anilines is 4. The quantitative estimate of drug-likeness (QED) is 0.265. The van der Waals surface area contributed by atoms with E-state index in [1.807, 2.05) is 0 Å². The lowest BCUT2D eigenvalue weighted by Gasteiger charge is -2.24. The van der Waals surface area contributed by atoms with E-state index in [-0.39, 0.29) is 50.8 Å². The average molecular weight is 432 g/mol. The topological polar surface area (TPSA) is 157 Å². The molecule has 0 heterocycles. The number of nitrogens with two attached hydrogens (primary N) is 4. The van der Waals surface area contributed by atoms with Gasteiger partial charge in [0, 0.05) is 23.1 Å². The summed E-state index contributed by atoms with van der Waals surface area (Å²) >= 11 is 0. The zero-order valence-electron chi connectivity index (χ0n) is 17.6. The zero-order valence-corrected chi connectivity index (χ0v) is 17.6. The first-order valence-electron chi connectivity index (χ1n) is 10.2. The lowest BCUT2D eigenvalue weighted by Crippen LogP contribution is -2.26. The first kappa shape index (κ1) is 21.0. The Labute approximate surface area is 185 Å². The molecule has 8 heteroatoms. The fourth-order valence-electron chi connectivity index (χ4n) is 3.70. The molecule has 0 aromatic heterocycles. The van der Waals surface area contributed by atoms with Crippen LogP contribution in [0.2, 0.25) is 0 Å². The van der Waals surface area contributed by atoms with Gasteiger partial charge < -0.3 is 32.4 Å². The van der Waals surface area contributed by atoms with Crippen LogP contribution in [0.15, 0.2) is 42.5 Å². The third kappa shape index (κ3) is 3.45. The van der Waals surface area contributed by atoms with Crippen molar-refractivity contribution in [1.82, 2.24) is 0 Å². The van der Waals surface area contributed by atoms with Crippen LogP contribution in [0.1, 0.15) is 51.6 Å². The Hall–Kier alpha value is -4.20. The largest absolute Gasteiger partial charge is 0.494 e. The van der Waals surface area contributed by atoms with Crippen LogP contribution in [-0.2, 0) is 0 Å². The molecule has 1 aliphatic carbocycles. The van der Waals surface area contributed by atoms with Gasteiger partial charge in [0.15, 0.2) is 17.3 Å². The first-order chi connectivity index (χ1) is 15.3. The van der Waals surface area contributed by atoms with E-state index >= 15 is 0 Å². The Morgan fingerprint density at radius 3 is 1.84 bits per heavy atom. The molecule has 164 valence electrons. The second-order valence-corrected chi connectivity index (χ2v) is 7.56. The average Bonchev–Trinajstić information content (AvgIpc) is 2.77. The van der Waals surface area contributed by atoms with Gasteiger partial charge in [0.1, 0.15) is 11.5 Å². The normalized spacial score (nSPS) is 12.3. The first-order valence-corrected chi connectivity index (χ1v) is 10.2. The minimum atomic E-state index is -0.520. The number of carbonyl (C=O) groups excluding carboxylic acids is 2. The molecule has 32 heavy (non-hydrogen) atoms. The van der Waals surface area contributed by atoms with Crippen LogP contribution in [0.3, 0.4) is 0 Å². The Balaban J connectivity index is 1.71. The molecule has 3 aromatic carbocycles. The zero-order chi connectivity index (χ0) is 23.0. The molecule has 0 saturated heterocycles. The number of carbonyl (C=O) groups is 2. The van der Waals surface area contributed by atoms with Crippen molar-refractivity contribution in [2.24, 2.45) is 0 Å². The van der Waals surface area contributed by atoms with Crippen molar-refractivity contribution >= 4 is 34.3 Å². The standard InChI is InChI=1S/C24H24N4O4/c1-2-3-10-31-12-4-6-13(7-5-12)32-17-11-16(27)20-21(22(17)28)24(30)19-15(26)9-8-14(25)18(19)23(20)29/h4-9,11H,2-3,10,25-28H2,1H3. The molecule has 1 aliphatic rings. The van der Waals surface area contributed by atoms with E-state index < -0.39 is 11.6 Å². The summed E-state index contributed by atoms with van der Waals surface area (Å²) < 4.78 is 11.5. The van der Waals surface area contributed by atoms with Crippen molar-refractivity contribution in [3.8, 4) is 17.2 Å². The summed E-state index contributed by atoms with van der Waals surface area (Å²) in [6.07, 6.45) is 2.01. The maximum atomic E-state index is 13.3. The predicted octanol–water partition coefficient (Wildman–Crippen LogP) is 3.76. The highest BCUT2D eigenvalue weighted by atomic mass is 16.5. The van der Waals surface area contributed by atoms with Crippen molar-refractivity contribution in [3.63, 3.8) is 0 Å². The molecule has 4 rings (SSSR count). The Kier molecular flexibility index (Phi) is 5.36. The van der Waals surface area contributed by atoms with Crippen molar-refractivity contribution in [3.05, 3.63) is 64.7 Å². The summed E-state index contributed by atoms with van der Waals surface area (Å²) in [5.74, 6) is 0.331. The maximum Gasteiger partial charge on any atom is 0.198 e. The molecule has 8 N–H and O–H groups in total. The van der Waals surface area contributed by atoms with Crippen LogP contribution in [-0.4, -0.2) is 18.2 Å². The molecule has 0 radical (unpaired) electrons. The molecule has 0 atom stereocenters. The van der Waals surface area contributed by atoms with Crippen molar-refractivity contribution < 1.29 is 19.1 Å². The van der Waals surface area contributed by atoms with Gasteiger partial charge in [-0.15, -0.1) is 0 Å². The molecular weight excluding hydrogens is 408 g/mol. The van der Waals surface area contributed by atoms with Crippen LogP contribution in [0.25, 0.3) is 0 Å². The molecule has 0 saturated carbocycles. The van der Waals surface area contributed by atoms with Gasteiger partial charge in [0.05, 0.1) is 34.5 Å². The Bertz CT molecular complexity index is 1240. The summed E-state index contributed by atoms with van der Waals surface area (Å²) in [5.41, 5.74) is 24.8. The van der Waals surface area contributed by atoms with Crippen molar-refractivity contribution in [2.75, 3.05) is 29.5 Å². The molecule has 8 nitrogen and oxygen atoms in total. The number of fused-ring (bicyclic) bond motifs is 2. The molecule has 0 spiro atoms. The van der Waals surface area contributed by atoms with Gasteiger partial charge in [-0.05, 0) is 42.8 Å². The van der Waals surface area contributed by atoms with Gasteiger partial charge >= 0.3 is 0 Å². The van der Waals surface area contributed by atoms with E-state index in [9.17, 15) is 9.59 Å². The summed E-state index contributed by atoms with van der Waals surface area (Å²) in [5, 5.41) is 0.